The summed E-state index contributed by atoms with van der Waals surface area (Å²) in [5, 5.41) is 0. The van der Waals surface area contributed by atoms with E-state index in [0.717, 1.165) is 10.0 Å². The van der Waals surface area contributed by atoms with Crippen LogP contribution in [0.25, 0.3) is 6.08 Å². The monoisotopic (exact) mass is 308 g/mol. The molecule has 0 aromatic heterocycles. The summed E-state index contributed by atoms with van der Waals surface area (Å²) in [7, 11) is 0. The molecule has 52 valence electrons. The molecule has 0 aliphatic rings. The van der Waals surface area contributed by atoms with E-state index in [0.29, 0.717) is 0 Å². The maximum absolute atomic E-state index is 3.70. The number of benzene rings is 1. The standard InChI is InChI=1S/C8H6BrI/c1-2-6-4-3-5-7(10)8(6)9/h2-5H,1H2. The summed E-state index contributed by atoms with van der Waals surface area (Å²) in [4.78, 5) is 0. The van der Waals surface area contributed by atoms with Crippen LogP contribution in [-0.4, -0.2) is 0 Å². The summed E-state index contributed by atoms with van der Waals surface area (Å²) < 4.78 is 2.35. The summed E-state index contributed by atoms with van der Waals surface area (Å²) in [6, 6.07) is 6.10. The van der Waals surface area contributed by atoms with Crippen molar-refractivity contribution in [2.24, 2.45) is 0 Å². The second kappa shape index (κ2) is 3.53. The Morgan fingerprint density at radius 1 is 1.50 bits per heavy atom. The molecule has 0 fully saturated rings. The third kappa shape index (κ3) is 1.61. The molecule has 1 aromatic rings. The van der Waals surface area contributed by atoms with E-state index in [1.54, 1.807) is 0 Å². The Kier molecular flexibility index (Phi) is 2.92. The maximum atomic E-state index is 3.70. The quantitative estimate of drug-likeness (QED) is 0.694. The van der Waals surface area contributed by atoms with Gasteiger partial charge in [0.25, 0.3) is 0 Å². The first-order valence-electron chi connectivity index (χ1n) is 2.82. The minimum atomic E-state index is 1.13. The number of hydrogen-bond donors (Lipinski definition) is 0. The Labute approximate surface area is 82.6 Å². The van der Waals surface area contributed by atoms with Crippen molar-refractivity contribution in [2.45, 2.75) is 0 Å². The van der Waals surface area contributed by atoms with E-state index in [1.807, 2.05) is 18.2 Å². The van der Waals surface area contributed by atoms with E-state index >= 15 is 0 Å². The molecule has 0 aliphatic carbocycles. The van der Waals surface area contributed by atoms with Crippen molar-refractivity contribution in [1.82, 2.24) is 0 Å². The Bertz CT molecular complexity index is 255. The molecule has 0 atom stereocenters. The molecule has 0 heterocycles. The lowest BCUT2D eigenvalue weighted by molar-refractivity contribution is 1.55. The summed E-state index contributed by atoms with van der Waals surface area (Å²) in [6.07, 6.45) is 1.84. The molecule has 10 heavy (non-hydrogen) atoms. The lowest BCUT2D eigenvalue weighted by atomic mass is 10.2. The van der Waals surface area contributed by atoms with Gasteiger partial charge in [0, 0.05) is 8.04 Å². The van der Waals surface area contributed by atoms with E-state index in [2.05, 4.69) is 51.2 Å². The van der Waals surface area contributed by atoms with Crippen molar-refractivity contribution < 1.29 is 0 Å². The Hall–Kier alpha value is 0.170. The topological polar surface area (TPSA) is 0 Å². The van der Waals surface area contributed by atoms with Gasteiger partial charge < -0.3 is 0 Å². The smallest absolute Gasteiger partial charge is 0.0381 e. The SMILES string of the molecule is C=Cc1cccc(I)c1Br. The van der Waals surface area contributed by atoms with Gasteiger partial charge in [-0.1, -0.05) is 24.8 Å². The maximum Gasteiger partial charge on any atom is 0.0381 e. The molecule has 1 rings (SSSR count). The molecule has 0 spiro atoms. The van der Waals surface area contributed by atoms with Crippen molar-refractivity contribution in [3.8, 4) is 0 Å². The molecule has 0 amide bonds. The van der Waals surface area contributed by atoms with Crippen LogP contribution < -0.4 is 0 Å². The summed E-state index contributed by atoms with van der Waals surface area (Å²) >= 11 is 5.74. The summed E-state index contributed by atoms with van der Waals surface area (Å²) in [6.45, 7) is 3.70. The predicted octanol–water partition coefficient (Wildman–Crippen LogP) is 3.70. The van der Waals surface area contributed by atoms with Crippen LogP contribution in [0, 0.1) is 3.57 Å². The van der Waals surface area contributed by atoms with E-state index < -0.39 is 0 Å². The van der Waals surface area contributed by atoms with Crippen LogP contribution in [0.2, 0.25) is 0 Å². The zero-order valence-electron chi connectivity index (χ0n) is 5.27. The van der Waals surface area contributed by atoms with Crippen LogP contribution >= 0.6 is 38.5 Å². The molecule has 0 N–H and O–H groups in total. The van der Waals surface area contributed by atoms with Gasteiger partial charge in [0.1, 0.15) is 0 Å². The lowest BCUT2D eigenvalue weighted by Gasteiger charge is -1.98. The number of hydrogen-bond acceptors (Lipinski definition) is 0. The summed E-state index contributed by atoms with van der Waals surface area (Å²) in [5.74, 6) is 0. The second-order valence-electron chi connectivity index (χ2n) is 1.85. The van der Waals surface area contributed by atoms with Gasteiger partial charge >= 0.3 is 0 Å². The van der Waals surface area contributed by atoms with Gasteiger partial charge in [0.05, 0.1) is 0 Å². The zero-order valence-corrected chi connectivity index (χ0v) is 9.02. The van der Waals surface area contributed by atoms with Crippen molar-refractivity contribution in [3.63, 3.8) is 0 Å². The molecule has 1 aromatic carbocycles. The lowest BCUT2D eigenvalue weighted by Crippen LogP contribution is -1.77. The Morgan fingerprint density at radius 3 is 2.70 bits per heavy atom. The fourth-order valence-corrected chi connectivity index (χ4v) is 1.62. The van der Waals surface area contributed by atoms with Crippen molar-refractivity contribution in [1.29, 1.82) is 0 Å². The van der Waals surface area contributed by atoms with Gasteiger partial charge in [-0.15, -0.1) is 0 Å². The molecule has 0 nitrogen and oxygen atoms in total. The van der Waals surface area contributed by atoms with Crippen LogP contribution in [0.1, 0.15) is 5.56 Å². The van der Waals surface area contributed by atoms with Crippen LogP contribution in [-0.2, 0) is 0 Å². The average molecular weight is 309 g/mol. The van der Waals surface area contributed by atoms with Crippen molar-refractivity contribution >= 4 is 44.6 Å². The van der Waals surface area contributed by atoms with Crippen LogP contribution in [0.5, 0.6) is 0 Å². The number of rotatable bonds is 1. The van der Waals surface area contributed by atoms with Crippen LogP contribution in [0.15, 0.2) is 29.3 Å². The van der Waals surface area contributed by atoms with E-state index in [9.17, 15) is 0 Å². The Morgan fingerprint density at radius 2 is 2.20 bits per heavy atom. The van der Waals surface area contributed by atoms with Crippen LogP contribution in [0.4, 0.5) is 0 Å². The molecule has 0 radical (unpaired) electrons. The van der Waals surface area contributed by atoms with Crippen molar-refractivity contribution in [3.05, 3.63) is 38.4 Å². The first-order chi connectivity index (χ1) is 4.75. The van der Waals surface area contributed by atoms with Gasteiger partial charge in [-0.2, -0.15) is 0 Å². The molecule has 0 aliphatic heterocycles. The first-order valence-corrected chi connectivity index (χ1v) is 4.69. The minimum Gasteiger partial charge on any atom is -0.0984 e. The fraction of sp³-hybridized carbons (Fsp3) is 0. The van der Waals surface area contributed by atoms with Crippen molar-refractivity contribution in [2.75, 3.05) is 0 Å². The number of halogens is 2. The highest BCUT2D eigenvalue weighted by Gasteiger charge is 1.97. The molecule has 0 saturated carbocycles. The molecular formula is C8H6BrI. The molecule has 0 unspecified atom stereocenters. The highest BCUT2D eigenvalue weighted by atomic mass is 127. The normalized spacial score (nSPS) is 9.40. The Balaban J connectivity index is 3.27. The average Bonchev–Trinajstić information content (AvgIpc) is 1.95. The van der Waals surface area contributed by atoms with Gasteiger partial charge in [0.15, 0.2) is 0 Å². The van der Waals surface area contributed by atoms with Crippen LogP contribution in [0.3, 0.4) is 0 Å². The molecule has 0 bridgehead atoms. The molecular weight excluding hydrogens is 303 g/mol. The third-order valence-electron chi connectivity index (χ3n) is 1.20. The van der Waals surface area contributed by atoms with Gasteiger partial charge in [-0.25, -0.2) is 0 Å². The predicted molar refractivity (Wildman–Crippen MR) is 57.0 cm³/mol. The first kappa shape index (κ1) is 8.27. The molecule has 0 saturated heterocycles. The third-order valence-corrected chi connectivity index (χ3v) is 3.73. The van der Waals surface area contributed by atoms with Gasteiger partial charge in [-0.05, 0) is 50.2 Å². The minimum absolute atomic E-state index is 1.13. The second-order valence-corrected chi connectivity index (χ2v) is 3.80. The highest BCUT2D eigenvalue weighted by Crippen LogP contribution is 2.23. The van der Waals surface area contributed by atoms with Gasteiger partial charge in [0.2, 0.25) is 0 Å². The largest absolute Gasteiger partial charge is 0.0984 e. The highest BCUT2D eigenvalue weighted by molar-refractivity contribution is 14.1. The van der Waals surface area contributed by atoms with E-state index in [-0.39, 0.29) is 0 Å². The van der Waals surface area contributed by atoms with E-state index in [4.69, 9.17) is 0 Å². The fourth-order valence-electron chi connectivity index (χ4n) is 0.678. The summed E-state index contributed by atoms with van der Waals surface area (Å²) in [5.41, 5.74) is 1.15. The van der Waals surface area contributed by atoms with Gasteiger partial charge in [-0.3, -0.25) is 0 Å². The zero-order chi connectivity index (χ0) is 7.56. The van der Waals surface area contributed by atoms with E-state index in [1.165, 1.54) is 3.57 Å². The molecule has 2 heteroatoms.